The van der Waals surface area contributed by atoms with Crippen molar-refractivity contribution in [2.75, 3.05) is 5.73 Å². The maximum Gasteiger partial charge on any atom is 0.128 e. The topological polar surface area (TPSA) is 26.0 Å². The minimum atomic E-state index is -0.226. The van der Waals surface area contributed by atoms with Crippen molar-refractivity contribution in [1.82, 2.24) is 0 Å². The van der Waals surface area contributed by atoms with Crippen LogP contribution in [0.5, 0.6) is 0 Å². The highest BCUT2D eigenvalue weighted by Gasteiger charge is 2.08. The van der Waals surface area contributed by atoms with E-state index < -0.39 is 0 Å². The molecule has 1 aromatic carbocycles. The zero-order chi connectivity index (χ0) is 10.7. The standard InChI is InChI=1S/C11H16FNS/c1-4-8(3)14-11-5-7(2)9(12)6-10(11)13/h5-6,8H,4,13H2,1-3H3. The predicted octanol–water partition coefficient (Wildman–Crippen LogP) is 3.61. The summed E-state index contributed by atoms with van der Waals surface area (Å²) in [5.41, 5.74) is 6.93. The monoisotopic (exact) mass is 213 g/mol. The lowest BCUT2D eigenvalue weighted by Crippen LogP contribution is -1.97. The quantitative estimate of drug-likeness (QED) is 0.613. The van der Waals surface area contributed by atoms with Gasteiger partial charge in [0.25, 0.3) is 0 Å². The summed E-state index contributed by atoms with van der Waals surface area (Å²) in [6.45, 7) is 6.03. The van der Waals surface area contributed by atoms with Gasteiger partial charge in [0, 0.05) is 15.8 Å². The second-order valence-electron chi connectivity index (χ2n) is 3.48. The molecule has 0 aliphatic carbocycles. The maximum absolute atomic E-state index is 13.1. The Labute approximate surface area is 88.9 Å². The predicted molar refractivity (Wildman–Crippen MR) is 61.2 cm³/mol. The van der Waals surface area contributed by atoms with E-state index in [0.717, 1.165) is 11.3 Å². The fourth-order valence-electron chi connectivity index (χ4n) is 1.07. The lowest BCUT2D eigenvalue weighted by atomic mass is 10.2. The van der Waals surface area contributed by atoms with Gasteiger partial charge in [0.1, 0.15) is 5.82 Å². The molecule has 0 saturated heterocycles. The average molecular weight is 213 g/mol. The first kappa shape index (κ1) is 11.4. The SMILES string of the molecule is CCC(C)Sc1cc(C)c(F)cc1N. The Hall–Kier alpha value is -0.700. The molecule has 1 nitrogen and oxygen atoms in total. The molecule has 0 aromatic heterocycles. The van der Waals surface area contributed by atoms with Crippen LogP contribution in [0.15, 0.2) is 17.0 Å². The molecule has 0 fully saturated rings. The summed E-state index contributed by atoms with van der Waals surface area (Å²) in [6, 6.07) is 3.22. The molecule has 1 aromatic rings. The van der Waals surface area contributed by atoms with Crippen LogP contribution in [0.4, 0.5) is 10.1 Å². The molecule has 0 spiro atoms. The minimum absolute atomic E-state index is 0.226. The maximum atomic E-state index is 13.1. The van der Waals surface area contributed by atoms with Crippen LogP contribution in [0.2, 0.25) is 0 Å². The first-order valence-electron chi connectivity index (χ1n) is 4.76. The molecule has 2 N–H and O–H groups in total. The first-order chi connectivity index (χ1) is 6.54. The summed E-state index contributed by atoms with van der Waals surface area (Å²) in [4.78, 5) is 0.984. The highest BCUT2D eigenvalue weighted by molar-refractivity contribution is 8.00. The molecular formula is C11H16FNS. The zero-order valence-corrected chi connectivity index (χ0v) is 9.62. The van der Waals surface area contributed by atoms with Crippen molar-refractivity contribution >= 4 is 17.4 Å². The van der Waals surface area contributed by atoms with Crippen molar-refractivity contribution in [3.8, 4) is 0 Å². The summed E-state index contributed by atoms with van der Waals surface area (Å²) < 4.78 is 13.1. The highest BCUT2D eigenvalue weighted by atomic mass is 32.2. The first-order valence-corrected chi connectivity index (χ1v) is 5.64. The largest absolute Gasteiger partial charge is 0.398 e. The summed E-state index contributed by atoms with van der Waals surface area (Å²) in [7, 11) is 0. The van der Waals surface area contributed by atoms with Gasteiger partial charge >= 0.3 is 0 Å². The number of halogens is 1. The van der Waals surface area contributed by atoms with E-state index in [1.807, 2.05) is 6.07 Å². The highest BCUT2D eigenvalue weighted by Crippen LogP contribution is 2.31. The Morgan fingerprint density at radius 2 is 2.14 bits per heavy atom. The fraction of sp³-hybridized carbons (Fsp3) is 0.455. The molecule has 0 aliphatic rings. The van der Waals surface area contributed by atoms with Gasteiger partial charge in [-0.3, -0.25) is 0 Å². The summed E-state index contributed by atoms with van der Waals surface area (Å²) >= 11 is 1.70. The Morgan fingerprint density at radius 3 is 2.71 bits per heavy atom. The number of benzene rings is 1. The van der Waals surface area contributed by atoms with Crippen LogP contribution in [0.25, 0.3) is 0 Å². The molecule has 0 saturated carbocycles. The number of rotatable bonds is 3. The smallest absolute Gasteiger partial charge is 0.128 e. The van der Waals surface area contributed by atoms with Crippen LogP contribution >= 0.6 is 11.8 Å². The fourth-order valence-corrected chi connectivity index (χ4v) is 2.11. The van der Waals surface area contributed by atoms with Crippen LogP contribution < -0.4 is 5.73 Å². The van der Waals surface area contributed by atoms with E-state index in [2.05, 4.69) is 13.8 Å². The molecule has 0 bridgehead atoms. The Kier molecular flexibility index (Phi) is 3.81. The molecule has 0 radical (unpaired) electrons. The zero-order valence-electron chi connectivity index (χ0n) is 8.80. The number of nitrogens with two attached hydrogens (primary N) is 1. The van der Waals surface area contributed by atoms with Gasteiger partial charge in [-0.1, -0.05) is 13.8 Å². The Bertz CT molecular complexity index is 325. The lowest BCUT2D eigenvalue weighted by molar-refractivity contribution is 0.618. The van der Waals surface area contributed by atoms with Gasteiger partial charge in [-0.2, -0.15) is 0 Å². The van der Waals surface area contributed by atoms with Gasteiger partial charge in [-0.25, -0.2) is 4.39 Å². The van der Waals surface area contributed by atoms with Crippen molar-refractivity contribution < 1.29 is 4.39 Å². The second-order valence-corrected chi connectivity index (χ2v) is 4.96. The van der Waals surface area contributed by atoms with Crippen LogP contribution in [0.1, 0.15) is 25.8 Å². The lowest BCUT2D eigenvalue weighted by Gasteiger charge is -2.11. The Morgan fingerprint density at radius 1 is 1.50 bits per heavy atom. The third kappa shape index (κ3) is 2.64. The third-order valence-electron chi connectivity index (χ3n) is 2.19. The molecule has 3 heteroatoms. The van der Waals surface area contributed by atoms with Gasteiger partial charge in [0.15, 0.2) is 0 Å². The second kappa shape index (κ2) is 4.69. The molecular weight excluding hydrogens is 197 g/mol. The van der Waals surface area contributed by atoms with Crippen LogP contribution in [-0.4, -0.2) is 5.25 Å². The van der Waals surface area contributed by atoms with Crippen molar-refractivity contribution in [3.63, 3.8) is 0 Å². The number of hydrogen-bond acceptors (Lipinski definition) is 2. The number of hydrogen-bond donors (Lipinski definition) is 1. The van der Waals surface area contributed by atoms with Gasteiger partial charge in [0.2, 0.25) is 0 Å². The number of nitrogen functional groups attached to an aromatic ring is 1. The number of anilines is 1. The van der Waals surface area contributed by atoms with Crippen LogP contribution in [0.3, 0.4) is 0 Å². The summed E-state index contributed by atoms with van der Waals surface area (Å²) in [5, 5.41) is 0.516. The third-order valence-corrected chi connectivity index (χ3v) is 3.54. The van der Waals surface area contributed by atoms with Crippen molar-refractivity contribution in [2.24, 2.45) is 0 Å². The van der Waals surface area contributed by atoms with E-state index >= 15 is 0 Å². The van der Waals surface area contributed by atoms with E-state index in [1.165, 1.54) is 6.07 Å². The molecule has 78 valence electrons. The number of thioether (sulfide) groups is 1. The molecule has 1 unspecified atom stereocenters. The molecule has 0 aliphatic heterocycles. The van der Waals surface area contributed by atoms with Gasteiger partial charge in [-0.05, 0) is 31.0 Å². The van der Waals surface area contributed by atoms with E-state index in [-0.39, 0.29) is 5.82 Å². The minimum Gasteiger partial charge on any atom is -0.398 e. The van der Waals surface area contributed by atoms with Crippen LogP contribution in [0, 0.1) is 12.7 Å². The van der Waals surface area contributed by atoms with E-state index in [4.69, 9.17) is 5.73 Å². The van der Waals surface area contributed by atoms with Crippen molar-refractivity contribution in [3.05, 3.63) is 23.5 Å². The van der Waals surface area contributed by atoms with Gasteiger partial charge in [-0.15, -0.1) is 11.8 Å². The Balaban J connectivity index is 2.92. The van der Waals surface area contributed by atoms with Crippen molar-refractivity contribution in [1.29, 1.82) is 0 Å². The van der Waals surface area contributed by atoms with Crippen LogP contribution in [-0.2, 0) is 0 Å². The molecule has 14 heavy (non-hydrogen) atoms. The van der Waals surface area contributed by atoms with Crippen molar-refractivity contribution in [2.45, 2.75) is 37.3 Å². The molecule has 0 heterocycles. The summed E-state index contributed by atoms with van der Waals surface area (Å²) in [5.74, 6) is -0.226. The summed E-state index contributed by atoms with van der Waals surface area (Å²) in [6.07, 6.45) is 1.08. The van der Waals surface area contributed by atoms with Gasteiger partial charge in [0.05, 0.1) is 0 Å². The molecule has 1 rings (SSSR count). The van der Waals surface area contributed by atoms with E-state index in [1.54, 1.807) is 18.7 Å². The normalized spacial score (nSPS) is 12.9. The van der Waals surface area contributed by atoms with E-state index in [9.17, 15) is 4.39 Å². The molecule has 1 atom stereocenters. The average Bonchev–Trinajstić information content (AvgIpc) is 2.14. The van der Waals surface area contributed by atoms with E-state index in [0.29, 0.717) is 16.5 Å². The number of aryl methyl sites for hydroxylation is 1. The molecule has 0 amide bonds. The van der Waals surface area contributed by atoms with Gasteiger partial charge < -0.3 is 5.73 Å².